The van der Waals surface area contributed by atoms with Gasteiger partial charge in [-0.15, -0.1) is 0 Å². The summed E-state index contributed by atoms with van der Waals surface area (Å²) in [6.07, 6.45) is 3.92. The van der Waals surface area contributed by atoms with Crippen LogP contribution >= 0.6 is 0 Å². The lowest BCUT2D eigenvalue weighted by atomic mass is 9.95. The first-order valence-electron chi connectivity index (χ1n) is 3.30. The summed E-state index contributed by atoms with van der Waals surface area (Å²) in [7, 11) is 5.46. The summed E-state index contributed by atoms with van der Waals surface area (Å²) in [5.41, 5.74) is 1.71. The Kier molecular flexibility index (Phi) is 2.67. The molecule has 0 spiro atoms. The van der Waals surface area contributed by atoms with E-state index < -0.39 is 0 Å². The van der Waals surface area contributed by atoms with Gasteiger partial charge in [0.2, 0.25) is 0 Å². The topological polar surface area (TPSA) is 17.1 Å². The molecule has 52 valence electrons. The molecule has 0 bridgehead atoms. The molecular weight excluding hydrogens is 135 g/mol. The van der Waals surface area contributed by atoms with Crippen LogP contribution in [-0.2, 0) is 4.79 Å². The molecular formula is C9H7BO. The van der Waals surface area contributed by atoms with E-state index in [2.05, 4.69) is 0 Å². The van der Waals surface area contributed by atoms with Crippen molar-refractivity contribution in [3.8, 4) is 0 Å². The summed E-state index contributed by atoms with van der Waals surface area (Å²) in [4.78, 5) is 9.93. The number of carbonyl (C=O) groups excluding carboxylic acids is 1. The van der Waals surface area contributed by atoms with E-state index >= 15 is 0 Å². The quantitative estimate of drug-likeness (QED) is 0.337. The molecule has 0 N–H and O–H groups in total. The third kappa shape index (κ3) is 2.42. The smallest absolute Gasteiger partial charge is 0.142 e. The molecule has 0 amide bonds. The second kappa shape index (κ2) is 3.76. The van der Waals surface area contributed by atoms with Crippen LogP contribution < -0.4 is 5.46 Å². The van der Waals surface area contributed by atoms with Crippen molar-refractivity contribution in [2.75, 3.05) is 0 Å². The normalized spacial score (nSPS) is 10.2. The zero-order valence-corrected chi connectivity index (χ0v) is 6.03. The van der Waals surface area contributed by atoms with Crippen molar-refractivity contribution in [1.29, 1.82) is 0 Å². The Labute approximate surface area is 67.1 Å². The van der Waals surface area contributed by atoms with Gasteiger partial charge >= 0.3 is 0 Å². The van der Waals surface area contributed by atoms with E-state index in [-0.39, 0.29) is 0 Å². The average molecular weight is 142 g/mol. The van der Waals surface area contributed by atoms with Gasteiger partial charge in [0.05, 0.1) is 0 Å². The fourth-order valence-electron chi connectivity index (χ4n) is 0.758. The van der Waals surface area contributed by atoms with E-state index in [0.717, 1.165) is 17.3 Å². The fraction of sp³-hybridized carbons (Fsp3) is 0. The molecule has 2 heteroatoms. The molecule has 0 fully saturated rings. The lowest BCUT2D eigenvalue weighted by molar-refractivity contribution is -0.104. The van der Waals surface area contributed by atoms with Gasteiger partial charge in [-0.1, -0.05) is 35.8 Å². The van der Waals surface area contributed by atoms with E-state index in [4.69, 9.17) is 7.85 Å². The van der Waals surface area contributed by atoms with Crippen LogP contribution in [0.15, 0.2) is 30.3 Å². The van der Waals surface area contributed by atoms with Crippen molar-refractivity contribution >= 4 is 25.7 Å². The Morgan fingerprint density at radius 3 is 2.36 bits per heavy atom. The van der Waals surface area contributed by atoms with E-state index in [9.17, 15) is 4.79 Å². The zero-order chi connectivity index (χ0) is 8.10. The second-order valence-electron chi connectivity index (χ2n) is 2.16. The van der Waals surface area contributed by atoms with Crippen LogP contribution in [0, 0.1) is 0 Å². The predicted octanol–water partition coefficient (Wildman–Crippen LogP) is 0.693. The molecule has 0 heterocycles. The Morgan fingerprint density at radius 2 is 1.82 bits per heavy atom. The fourth-order valence-corrected chi connectivity index (χ4v) is 0.758. The highest BCUT2D eigenvalue weighted by Crippen LogP contribution is 1.97. The van der Waals surface area contributed by atoms with E-state index in [1.807, 2.05) is 12.1 Å². The number of allylic oxidation sites excluding steroid dienone is 1. The monoisotopic (exact) mass is 142 g/mol. The summed E-state index contributed by atoms with van der Waals surface area (Å²) in [6.45, 7) is 0. The molecule has 0 aliphatic rings. The maximum atomic E-state index is 9.93. The van der Waals surface area contributed by atoms with Gasteiger partial charge in [-0.05, 0) is 11.6 Å². The van der Waals surface area contributed by atoms with Crippen molar-refractivity contribution in [2.45, 2.75) is 0 Å². The molecule has 0 saturated carbocycles. The van der Waals surface area contributed by atoms with Crippen molar-refractivity contribution in [2.24, 2.45) is 0 Å². The molecule has 1 rings (SSSR count). The van der Waals surface area contributed by atoms with Crippen LogP contribution in [0.5, 0.6) is 0 Å². The largest absolute Gasteiger partial charge is 0.299 e. The number of carbonyl (C=O) groups is 1. The third-order valence-electron chi connectivity index (χ3n) is 1.30. The molecule has 2 radical (unpaired) electrons. The number of hydrogen-bond donors (Lipinski definition) is 0. The first kappa shape index (κ1) is 7.80. The lowest BCUT2D eigenvalue weighted by Gasteiger charge is -1.92. The highest BCUT2D eigenvalue weighted by atomic mass is 16.1. The Balaban J connectivity index is 2.81. The Morgan fingerprint density at radius 1 is 1.18 bits per heavy atom. The first-order valence-corrected chi connectivity index (χ1v) is 3.30. The molecule has 1 aromatic rings. The van der Waals surface area contributed by atoms with Gasteiger partial charge in [0, 0.05) is 0 Å². The first-order chi connectivity index (χ1) is 5.33. The standard InChI is InChI=1S/C9H7BO/c10-9-5-3-8(4-6-9)2-1-7-11/h1-7H/b2-1+. The number of hydrogen-bond acceptors (Lipinski definition) is 1. The maximum absolute atomic E-state index is 9.93. The average Bonchev–Trinajstić information content (AvgIpc) is 2.04. The zero-order valence-electron chi connectivity index (χ0n) is 6.03. The van der Waals surface area contributed by atoms with Gasteiger partial charge in [-0.25, -0.2) is 0 Å². The molecule has 0 unspecified atom stereocenters. The molecule has 0 atom stereocenters. The summed E-state index contributed by atoms with van der Waals surface area (Å²) >= 11 is 0. The van der Waals surface area contributed by atoms with Gasteiger partial charge < -0.3 is 0 Å². The van der Waals surface area contributed by atoms with Gasteiger partial charge in [-0.3, -0.25) is 4.79 Å². The minimum Gasteiger partial charge on any atom is -0.299 e. The highest BCUT2D eigenvalue weighted by Gasteiger charge is 1.83. The van der Waals surface area contributed by atoms with E-state index in [0.29, 0.717) is 0 Å². The molecule has 11 heavy (non-hydrogen) atoms. The Hall–Kier alpha value is -1.31. The van der Waals surface area contributed by atoms with Crippen LogP contribution in [0.1, 0.15) is 5.56 Å². The number of aldehydes is 1. The van der Waals surface area contributed by atoms with Gasteiger partial charge in [0.1, 0.15) is 14.1 Å². The summed E-state index contributed by atoms with van der Waals surface area (Å²) in [5.74, 6) is 0. The van der Waals surface area contributed by atoms with E-state index in [1.54, 1.807) is 18.2 Å². The SMILES string of the molecule is [B]c1ccc(/C=C/C=O)cc1. The van der Waals surface area contributed by atoms with Crippen molar-refractivity contribution in [3.63, 3.8) is 0 Å². The molecule has 0 aliphatic carbocycles. The van der Waals surface area contributed by atoms with Crippen molar-refractivity contribution in [1.82, 2.24) is 0 Å². The summed E-state index contributed by atoms with van der Waals surface area (Å²) < 4.78 is 0. The highest BCUT2D eigenvalue weighted by molar-refractivity contribution is 6.32. The minimum absolute atomic E-state index is 0.730. The maximum Gasteiger partial charge on any atom is 0.142 e. The Bertz CT molecular complexity index is 261. The molecule has 1 nitrogen and oxygen atoms in total. The predicted molar refractivity (Wildman–Crippen MR) is 46.9 cm³/mol. The van der Waals surface area contributed by atoms with Crippen molar-refractivity contribution < 1.29 is 4.79 Å². The van der Waals surface area contributed by atoms with Gasteiger partial charge in [0.25, 0.3) is 0 Å². The van der Waals surface area contributed by atoms with Crippen LogP contribution in [0.25, 0.3) is 6.08 Å². The summed E-state index contributed by atoms with van der Waals surface area (Å²) in [6, 6.07) is 7.31. The lowest BCUT2D eigenvalue weighted by Crippen LogP contribution is -1.98. The van der Waals surface area contributed by atoms with Crippen LogP contribution in [0.3, 0.4) is 0 Å². The third-order valence-corrected chi connectivity index (χ3v) is 1.30. The number of benzene rings is 1. The van der Waals surface area contributed by atoms with Gasteiger partial charge in [-0.2, -0.15) is 0 Å². The van der Waals surface area contributed by atoms with Crippen LogP contribution in [0.4, 0.5) is 0 Å². The summed E-state index contributed by atoms with van der Waals surface area (Å²) in [5, 5.41) is 0. The van der Waals surface area contributed by atoms with Crippen LogP contribution in [-0.4, -0.2) is 14.1 Å². The number of rotatable bonds is 2. The van der Waals surface area contributed by atoms with E-state index in [1.165, 1.54) is 6.08 Å². The van der Waals surface area contributed by atoms with Gasteiger partial charge in [0.15, 0.2) is 0 Å². The molecule has 0 saturated heterocycles. The second-order valence-corrected chi connectivity index (χ2v) is 2.16. The van der Waals surface area contributed by atoms with Crippen LogP contribution in [0.2, 0.25) is 0 Å². The van der Waals surface area contributed by atoms with Crippen molar-refractivity contribution in [3.05, 3.63) is 35.9 Å². The minimum atomic E-state index is 0.730. The molecule has 0 aliphatic heterocycles. The molecule has 1 aromatic carbocycles. The molecule has 0 aromatic heterocycles.